The van der Waals surface area contributed by atoms with Gasteiger partial charge in [0.1, 0.15) is 0 Å². The van der Waals surface area contributed by atoms with Gasteiger partial charge < -0.3 is 10.2 Å². The molecule has 3 heteroatoms. The summed E-state index contributed by atoms with van der Waals surface area (Å²) in [5, 5.41) is 4.56. The van der Waals surface area contributed by atoms with E-state index in [-0.39, 0.29) is 0 Å². The Morgan fingerprint density at radius 3 is 3.00 bits per heavy atom. The van der Waals surface area contributed by atoms with Crippen molar-refractivity contribution in [3.8, 4) is 0 Å². The Bertz CT molecular complexity index is 500. The van der Waals surface area contributed by atoms with E-state index < -0.39 is 0 Å². The second-order valence-electron chi connectivity index (χ2n) is 6.12. The van der Waals surface area contributed by atoms with Gasteiger partial charge >= 0.3 is 0 Å². The van der Waals surface area contributed by atoms with Crippen LogP contribution in [0, 0.1) is 0 Å². The molecular weight excluding hydrogens is 256 g/mol. The van der Waals surface area contributed by atoms with Crippen molar-refractivity contribution in [3.63, 3.8) is 0 Å². The predicted molar refractivity (Wildman–Crippen MR) is 80.4 cm³/mol. The van der Waals surface area contributed by atoms with E-state index in [9.17, 15) is 0 Å². The molecule has 2 aliphatic heterocycles. The van der Waals surface area contributed by atoms with Crippen LogP contribution < -0.4 is 10.2 Å². The molecule has 1 N–H and O–H groups in total. The first-order chi connectivity index (χ1) is 9.36. The van der Waals surface area contributed by atoms with Crippen LogP contribution in [0.5, 0.6) is 0 Å². The summed E-state index contributed by atoms with van der Waals surface area (Å²) in [6, 6.07) is 5.09. The molecule has 2 unspecified atom stereocenters. The number of halogens is 1. The lowest BCUT2D eigenvalue weighted by molar-refractivity contribution is 0.384. The maximum absolute atomic E-state index is 6.56. The van der Waals surface area contributed by atoms with Crippen LogP contribution in [-0.4, -0.2) is 25.7 Å². The Hall–Kier alpha value is -0.730. The van der Waals surface area contributed by atoms with Crippen LogP contribution in [0.25, 0.3) is 0 Å². The van der Waals surface area contributed by atoms with Gasteiger partial charge in [-0.1, -0.05) is 30.5 Å². The molecule has 1 aromatic carbocycles. The number of rotatable bonds is 0. The van der Waals surface area contributed by atoms with Crippen LogP contribution in [0.3, 0.4) is 0 Å². The number of hydrogen-bond acceptors (Lipinski definition) is 2. The fourth-order valence-electron chi connectivity index (χ4n) is 4.33. The molecule has 1 aromatic rings. The zero-order valence-electron chi connectivity index (χ0n) is 11.3. The van der Waals surface area contributed by atoms with Gasteiger partial charge in [-0.25, -0.2) is 0 Å². The molecule has 1 saturated carbocycles. The summed E-state index contributed by atoms with van der Waals surface area (Å²) in [6.07, 6.45) is 6.55. The second kappa shape index (κ2) is 4.68. The standard InChI is InChI=1S/C16H21ClN2/c17-13-6-5-11-7-8-18-9-10-19-14-4-2-1-3-12(14)15(13)16(11)19/h5-6,12,14,18H,1-4,7-10H2. The van der Waals surface area contributed by atoms with Crippen molar-refractivity contribution in [1.29, 1.82) is 0 Å². The molecule has 0 bridgehead atoms. The van der Waals surface area contributed by atoms with Crippen LogP contribution in [0.2, 0.25) is 5.02 Å². The summed E-state index contributed by atoms with van der Waals surface area (Å²) in [4.78, 5) is 2.67. The second-order valence-corrected chi connectivity index (χ2v) is 6.53. The highest BCUT2D eigenvalue weighted by atomic mass is 35.5. The van der Waals surface area contributed by atoms with Gasteiger partial charge in [-0.2, -0.15) is 0 Å². The zero-order chi connectivity index (χ0) is 12.8. The SMILES string of the molecule is Clc1ccc2c3c1C1CCCCC1N3CCNCC2. The lowest BCUT2D eigenvalue weighted by Crippen LogP contribution is -2.41. The topological polar surface area (TPSA) is 15.3 Å². The van der Waals surface area contributed by atoms with Crippen LogP contribution in [0.15, 0.2) is 12.1 Å². The first kappa shape index (κ1) is 12.0. The molecule has 102 valence electrons. The monoisotopic (exact) mass is 276 g/mol. The Kier molecular flexibility index (Phi) is 2.96. The lowest BCUT2D eigenvalue weighted by atomic mass is 9.82. The van der Waals surface area contributed by atoms with Gasteiger partial charge in [0.15, 0.2) is 0 Å². The van der Waals surface area contributed by atoms with Gasteiger partial charge in [0.2, 0.25) is 0 Å². The van der Waals surface area contributed by atoms with Crippen LogP contribution in [0.4, 0.5) is 5.69 Å². The van der Waals surface area contributed by atoms with E-state index in [4.69, 9.17) is 11.6 Å². The molecular formula is C16H21ClN2. The van der Waals surface area contributed by atoms with Gasteiger partial charge in [0, 0.05) is 35.8 Å². The minimum absolute atomic E-state index is 0.689. The minimum atomic E-state index is 0.689. The summed E-state index contributed by atoms with van der Waals surface area (Å²) in [5.74, 6) is 0.689. The van der Waals surface area contributed by atoms with E-state index in [0.717, 1.165) is 31.1 Å². The van der Waals surface area contributed by atoms with Crippen molar-refractivity contribution >= 4 is 17.3 Å². The van der Waals surface area contributed by atoms with Crippen LogP contribution in [-0.2, 0) is 6.42 Å². The van der Waals surface area contributed by atoms with Crippen molar-refractivity contribution < 1.29 is 0 Å². The van der Waals surface area contributed by atoms with Crippen molar-refractivity contribution in [2.75, 3.05) is 24.5 Å². The maximum Gasteiger partial charge on any atom is 0.0462 e. The zero-order valence-corrected chi connectivity index (χ0v) is 12.0. The fraction of sp³-hybridized carbons (Fsp3) is 0.625. The third-order valence-corrected chi connectivity index (χ3v) is 5.47. The normalized spacial score (nSPS) is 29.4. The van der Waals surface area contributed by atoms with E-state index >= 15 is 0 Å². The molecule has 0 radical (unpaired) electrons. The van der Waals surface area contributed by atoms with E-state index in [2.05, 4.69) is 22.3 Å². The molecule has 2 atom stereocenters. The highest BCUT2D eigenvalue weighted by Gasteiger charge is 2.42. The number of nitrogens with zero attached hydrogens (tertiary/aromatic N) is 1. The molecule has 4 rings (SSSR count). The highest BCUT2D eigenvalue weighted by molar-refractivity contribution is 6.32. The van der Waals surface area contributed by atoms with E-state index in [1.54, 1.807) is 0 Å². The van der Waals surface area contributed by atoms with Crippen molar-refractivity contribution in [2.24, 2.45) is 0 Å². The summed E-state index contributed by atoms with van der Waals surface area (Å²) in [5.41, 5.74) is 4.48. The summed E-state index contributed by atoms with van der Waals surface area (Å²) < 4.78 is 0. The first-order valence-electron chi connectivity index (χ1n) is 7.65. The van der Waals surface area contributed by atoms with Gasteiger partial charge in [-0.3, -0.25) is 0 Å². The van der Waals surface area contributed by atoms with Gasteiger partial charge in [-0.15, -0.1) is 0 Å². The molecule has 0 spiro atoms. The molecule has 0 saturated heterocycles. The largest absolute Gasteiger partial charge is 0.366 e. The molecule has 1 aliphatic carbocycles. The molecule has 1 fully saturated rings. The number of hydrogen-bond donors (Lipinski definition) is 1. The lowest BCUT2D eigenvalue weighted by Gasteiger charge is -2.35. The average molecular weight is 277 g/mol. The number of nitrogens with one attached hydrogen (secondary N) is 1. The Morgan fingerprint density at radius 1 is 1.16 bits per heavy atom. The number of benzene rings is 1. The first-order valence-corrected chi connectivity index (χ1v) is 8.02. The summed E-state index contributed by atoms with van der Waals surface area (Å²) >= 11 is 6.56. The Labute approximate surface area is 120 Å². The Morgan fingerprint density at radius 2 is 2.05 bits per heavy atom. The fourth-order valence-corrected chi connectivity index (χ4v) is 4.63. The molecule has 0 amide bonds. The molecule has 0 aromatic heterocycles. The molecule has 2 heterocycles. The average Bonchev–Trinajstić information content (AvgIpc) is 2.73. The van der Waals surface area contributed by atoms with Crippen molar-refractivity contribution in [3.05, 3.63) is 28.3 Å². The van der Waals surface area contributed by atoms with Crippen molar-refractivity contribution in [2.45, 2.75) is 44.1 Å². The third kappa shape index (κ3) is 1.80. The van der Waals surface area contributed by atoms with Crippen LogP contribution >= 0.6 is 11.6 Å². The van der Waals surface area contributed by atoms with Crippen LogP contribution in [0.1, 0.15) is 42.7 Å². The smallest absolute Gasteiger partial charge is 0.0462 e. The minimum Gasteiger partial charge on any atom is -0.366 e. The summed E-state index contributed by atoms with van der Waals surface area (Å²) in [7, 11) is 0. The summed E-state index contributed by atoms with van der Waals surface area (Å²) in [6.45, 7) is 3.34. The third-order valence-electron chi connectivity index (χ3n) is 5.14. The van der Waals surface area contributed by atoms with E-state index in [0.29, 0.717) is 12.0 Å². The predicted octanol–water partition coefficient (Wildman–Crippen LogP) is 3.33. The molecule has 3 aliphatic rings. The van der Waals surface area contributed by atoms with Gasteiger partial charge in [-0.05, 0) is 43.0 Å². The molecule has 19 heavy (non-hydrogen) atoms. The molecule has 2 nitrogen and oxygen atoms in total. The van der Waals surface area contributed by atoms with E-state index in [1.165, 1.54) is 42.5 Å². The van der Waals surface area contributed by atoms with Gasteiger partial charge in [0.25, 0.3) is 0 Å². The van der Waals surface area contributed by atoms with Crippen molar-refractivity contribution in [1.82, 2.24) is 5.32 Å². The Balaban J connectivity index is 1.88. The highest BCUT2D eigenvalue weighted by Crippen LogP contribution is 2.51. The van der Waals surface area contributed by atoms with Gasteiger partial charge in [0.05, 0.1) is 0 Å². The quantitative estimate of drug-likeness (QED) is 0.782. The number of fused-ring (bicyclic) bond motifs is 3. The van der Waals surface area contributed by atoms with E-state index in [1.807, 2.05) is 0 Å². The maximum atomic E-state index is 6.56. The number of anilines is 1.